The third kappa shape index (κ3) is 1.76. The van der Waals surface area contributed by atoms with Gasteiger partial charge in [0, 0.05) is 11.8 Å². The monoisotopic (exact) mass is 243 g/mol. The predicted octanol–water partition coefficient (Wildman–Crippen LogP) is 3.00. The molecule has 1 unspecified atom stereocenters. The molecule has 18 heavy (non-hydrogen) atoms. The molecule has 1 atom stereocenters. The third-order valence-electron chi connectivity index (χ3n) is 4.45. The Morgan fingerprint density at radius 3 is 2.50 bits per heavy atom. The van der Waals surface area contributed by atoms with Crippen molar-refractivity contribution >= 4 is 0 Å². The molecule has 2 aliphatic rings. The first-order chi connectivity index (χ1) is 8.87. The molecule has 1 saturated carbocycles. The minimum atomic E-state index is 0.242. The van der Waals surface area contributed by atoms with Gasteiger partial charge in [0.05, 0.1) is 12.6 Å². The lowest BCUT2D eigenvalue weighted by Gasteiger charge is -2.48. The molecule has 1 aliphatic heterocycles. The second-order valence-electron chi connectivity index (χ2n) is 5.34. The summed E-state index contributed by atoms with van der Waals surface area (Å²) in [4.78, 5) is 0. The van der Waals surface area contributed by atoms with Crippen LogP contribution in [0.25, 0.3) is 0 Å². The van der Waals surface area contributed by atoms with Gasteiger partial charge in [-0.05, 0) is 31.5 Å². The van der Waals surface area contributed by atoms with Gasteiger partial charge in [0.1, 0.15) is 5.76 Å². The molecule has 2 nitrogen and oxygen atoms in total. The van der Waals surface area contributed by atoms with Gasteiger partial charge in [0.15, 0.2) is 0 Å². The van der Waals surface area contributed by atoms with Crippen LogP contribution in [0.4, 0.5) is 0 Å². The van der Waals surface area contributed by atoms with Crippen molar-refractivity contribution in [3.8, 4) is 0 Å². The van der Waals surface area contributed by atoms with Gasteiger partial charge in [-0.15, -0.1) is 0 Å². The van der Waals surface area contributed by atoms with Gasteiger partial charge in [-0.3, -0.25) is 0 Å². The minimum Gasteiger partial charge on any atom is -0.496 e. The maximum Gasteiger partial charge on any atom is 0.110 e. The molecule has 3 rings (SSSR count). The zero-order valence-corrected chi connectivity index (χ0v) is 11.0. The third-order valence-corrected chi connectivity index (χ3v) is 4.45. The van der Waals surface area contributed by atoms with E-state index in [9.17, 15) is 0 Å². The standard InChI is InChI=1S/C16H21NO/c1-17-15(14-9-5-12-18-14)16(10-6-11-16)13-7-3-2-4-8-13/h2-4,7-9,15,17H,5-6,10-12H2,1H3. The van der Waals surface area contributed by atoms with Crippen LogP contribution in [0, 0.1) is 0 Å². The average Bonchev–Trinajstić information content (AvgIpc) is 2.88. The molecule has 2 heteroatoms. The fourth-order valence-corrected chi connectivity index (χ4v) is 3.40. The molecule has 0 amide bonds. The Labute approximate surface area is 109 Å². The van der Waals surface area contributed by atoms with Crippen LogP contribution in [0.5, 0.6) is 0 Å². The van der Waals surface area contributed by atoms with E-state index in [1.807, 2.05) is 0 Å². The number of likely N-dealkylation sites (N-methyl/N-ethyl adjacent to an activating group) is 1. The van der Waals surface area contributed by atoms with Crippen LogP contribution in [0.1, 0.15) is 31.2 Å². The highest BCUT2D eigenvalue weighted by atomic mass is 16.5. The summed E-state index contributed by atoms with van der Waals surface area (Å²) in [5, 5.41) is 3.49. The summed E-state index contributed by atoms with van der Waals surface area (Å²) in [6, 6.07) is 11.2. The predicted molar refractivity (Wildman–Crippen MR) is 73.5 cm³/mol. The Morgan fingerprint density at radius 2 is 2.00 bits per heavy atom. The van der Waals surface area contributed by atoms with E-state index in [0.717, 1.165) is 18.8 Å². The van der Waals surface area contributed by atoms with Gasteiger partial charge >= 0.3 is 0 Å². The summed E-state index contributed by atoms with van der Waals surface area (Å²) in [6.45, 7) is 0.846. The molecule has 1 aromatic carbocycles. The van der Waals surface area contributed by atoms with Gasteiger partial charge < -0.3 is 10.1 Å². The molecule has 1 N–H and O–H groups in total. The number of hydrogen-bond donors (Lipinski definition) is 1. The summed E-state index contributed by atoms with van der Waals surface area (Å²) in [5.41, 5.74) is 1.69. The summed E-state index contributed by atoms with van der Waals surface area (Å²) in [6.07, 6.45) is 7.13. The van der Waals surface area contributed by atoms with Gasteiger partial charge in [-0.1, -0.05) is 36.8 Å². The topological polar surface area (TPSA) is 21.3 Å². The van der Waals surface area contributed by atoms with E-state index in [4.69, 9.17) is 4.74 Å². The van der Waals surface area contributed by atoms with Gasteiger partial charge in [-0.25, -0.2) is 0 Å². The second kappa shape index (κ2) is 4.77. The molecule has 1 aromatic rings. The number of nitrogens with one attached hydrogen (secondary N) is 1. The van der Waals surface area contributed by atoms with E-state index in [1.165, 1.54) is 24.8 Å². The van der Waals surface area contributed by atoms with Crippen molar-refractivity contribution in [2.24, 2.45) is 0 Å². The van der Waals surface area contributed by atoms with Crippen molar-refractivity contribution in [1.82, 2.24) is 5.32 Å². The van der Waals surface area contributed by atoms with E-state index in [1.54, 1.807) is 0 Å². The first-order valence-corrected chi connectivity index (χ1v) is 6.92. The quantitative estimate of drug-likeness (QED) is 0.877. The maximum atomic E-state index is 5.81. The van der Waals surface area contributed by atoms with Crippen molar-refractivity contribution in [2.75, 3.05) is 13.7 Å². The molecule has 1 heterocycles. The fourth-order valence-electron chi connectivity index (χ4n) is 3.40. The Balaban J connectivity index is 1.95. The smallest absolute Gasteiger partial charge is 0.110 e. The maximum absolute atomic E-state index is 5.81. The lowest BCUT2D eigenvalue weighted by atomic mass is 9.59. The van der Waals surface area contributed by atoms with Crippen molar-refractivity contribution in [3.63, 3.8) is 0 Å². The van der Waals surface area contributed by atoms with Crippen LogP contribution >= 0.6 is 0 Å². The van der Waals surface area contributed by atoms with E-state index in [-0.39, 0.29) is 5.41 Å². The van der Waals surface area contributed by atoms with Crippen LogP contribution < -0.4 is 5.32 Å². The van der Waals surface area contributed by atoms with Crippen molar-refractivity contribution in [3.05, 3.63) is 47.7 Å². The van der Waals surface area contributed by atoms with Gasteiger partial charge in [-0.2, -0.15) is 0 Å². The van der Waals surface area contributed by atoms with Crippen LogP contribution in [0.3, 0.4) is 0 Å². The number of rotatable bonds is 4. The zero-order valence-electron chi connectivity index (χ0n) is 11.0. The molecular formula is C16H21NO. The first kappa shape index (κ1) is 11.8. The highest BCUT2D eigenvalue weighted by Crippen LogP contribution is 2.48. The zero-order chi connectivity index (χ0) is 12.4. The molecule has 0 bridgehead atoms. The minimum absolute atomic E-state index is 0.242. The van der Waals surface area contributed by atoms with Crippen LogP contribution in [0.15, 0.2) is 42.2 Å². The van der Waals surface area contributed by atoms with E-state index >= 15 is 0 Å². The van der Waals surface area contributed by atoms with Crippen molar-refractivity contribution < 1.29 is 4.74 Å². The average molecular weight is 243 g/mol. The number of ether oxygens (including phenoxy) is 1. The van der Waals surface area contributed by atoms with E-state index < -0.39 is 0 Å². The lowest BCUT2D eigenvalue weighted by molar-refractivity contribution is 0.132. The highest BCUT2D eigenvalue weighted by molar-refractivity contribution is 5.34. The fraction of sp³-hybridized carbons (Fsp3) is 0.500. The van der Waals surface area contributed by atoms with Gasteiger partial charge in [0.2, 0.25) is 0 Å². The lowest BCUT2D eigenvalue weighted by Crippen LogP contribution is -2.52. The Morgan fingerprint density at radius 1 is 1.22 bits per heavy atom. The number of benzene rings is 1. The highest BCUT2D eigenvalue weighted by Gasteiger charge is 2.47. The van der Waals surface area contributed by atoms with Gasteiger partial charge in [0.25, 0.3) is 0 Å². The van der Waals surface area contributed by atoms with E-state index in [2.05, 4.69) is 48.8 Å². The molecule has 1 fully saturated rings. The Bertz CT molecular complexity index is 434. The normalized spacial score (nSPS) is 22.8. The second-order valence-corrected chi connectivity index (χ2v) is 5.34. The molecule has 0 radical (unpaired) electrons. The summed E-state index contributed by atoms with van der Waals surface area (Å²) in [5.74, 6) is 1.15. The van der Waals surface area contributed by atoms with Crippen molar-refractivity contribution in [1.29, 1.82) is 0 Å². The molecule has 1 aliphatic carbocycles. The van der Waals surface area contributed by atoms with Crippen LogP contribution in [-0.2, 0) is 10.2 Å². The largest absolute Gasteiger partial charge is 0.496 e. The summed E-state index contributed by atoms with van der Waals surface area (Å²) < 4.78 is 5.81. The molecular weight excluding hydrogens is 222 g/mol. The summed E-state index contributed by atoms with van der Waals surface area (Å²) >= 11 is 0. The molecule has 0 spiro atoms. The molecule has 96 valence electrons. The summed E-state index contributed by atoms with van der Waals surface area (Å²) in [7, 11) is 2.05. The Kier molecular flexibility index (Phi) is 3.13. The van der Waals surface area contributed by atoms with E-state index in [0.29, 0.717) is 6.04 Å². The Hall–Kier alpha value is -1.28. The molecule has 0 aromatic heterocycles. The SMILES string of the molecule is CNC(C1=CCCO1)C1(c2ccccc2)CCC1. The van der Waals surface area contributed by atoms with Crippen LogP contribution in [-0.4, -0.2) is 19.7 Å². The van der Waals surface area contributed by atoms with Crippen LogP contribution in [0.2, 0.25) is 0 Å². The molecule has 0 saturated heterocycles. The number of hydrogen-bond acceptors (Lipinski definition) is 2. The van der Waals surface area contributed by atoms with Crippen molar-refractivity contribution in [2.45, 2.75) is 37.1 Å². The first-order valence-electron chi connectivity index (χ1n) is 6.92.